The van der Waals surface area contributed by atoms with Gasteiger partial charge in [-0.25, -0.2) is 9.97 Å². The first-order valence-electron chi connectivity index (χ1n) is 6.15. The number of anilines is 2. The average Bonchev–Trinajstić information content (AvgIpc) is 2.36. The molecule has 0 atom stereocenters. The van der Waals surface area contributed by atoms with Gasteiger partial charge >= 0.3 is 0 Å². The Morgan fingerprint density at radius 1 is 1.32 bits per heavy atom. The number of benzene rings is 1. The van der Waals surface area contributed by atoms with Crippen molar-refractivity contribution in [1.29, 1.82) is 0 Å². The zero-order valence-corrected chi connectivity index (χ0v) is 13.8. The third-order valence-corrected chi connectivity index (χ3v) is 3.73. The third kappa shape index (κ3) is 3.79. The highest BCUT2D eigenvalue weighted by Crippen LogP contribution is 2.24. The first kappa shape index (κ1) is 14.5. The maximum Gasteiger partial charge on any atom is 0.138 e. The zero-order valence-electron chi connectivity index (χ0n) is 10.9. The summed E-state index contributed by atoms with van der Waals surface area (Å²) in [5, 5.41) is 3.83. The van der Waals surface area contributed by atoms with Gasteiger partial charge in [0, 0.05) is 21.2 Å². The molecule has 0 radical (unpaired) electrons. The number of aromatic nitrogens is 2. The van der Waals surface area contributed by atoms with E-state index in [1.165, 1.54) is 3.57 Å². The molecule has 0 spiro atoms. The molecular formula is C14H15ClIN3. The van der Waals surface area contributed by atoms with Crippen molar-refractivity contribution in [2.75, 3.05) is 5.32 Å². The number of nitrogens with zero attached hydrogens (tertiary/aromatic N) is 2. The van der Waals surface area contributed by atoms with Crippen LogP contribution in [0.3, 0.4) is 0 Å². The van der Waals surface area contributed by atoms with Crippen molar-refractivity contribution in [1.82, 2.24) is 9.97 Å². The molecule has 0 saturated carbocycles. The Hall–Kier alpha value is -0.880. The number of nitrogens with one attached hydrogen (secondary N) is 1. The highest BCUT2D eigenvalue weighted by molar-refractivity contribution is 14.1. The van der Waals surface area contributed by atoms with Crippen molar-refractivity contribution >= 4 is 45.7 Å². The summed E-state index contributed by atoms with van der Waals surface area (Å²) >= 11 is 8.44. The van der Waals surface area contributed by atoms with Crippen LogP contribution in [0.4, 0.5) is 11.5 Å². The van der Waals surface area contributed by atoms with Crippen molar-refractivity contribution in [2.45, 2.75) is 26.7 Å². The largest absolute Gasteiger partial charge is 0.340 e. The fourth-order valence-corrected chi connectivity index (χ4v) is 2.42. The monoisotopic (exact) mass is 387 g/mol. The first-order valence-corrected chi connectivity index (χ1v) is 7.61. The molecule has 3 nitrogen and oxygen atoms in total. The van der Waals surface area contributed by atoms with E-state index in [0.717, 1.165) is 35.7 Å². The predicted molar refractivity (Wildman–Crippen MR) is 88.2 cm³/mol. The van der Waals surface area contributed by atoms with Gasteiger partial charge in [0.25, 0.3) is 0 Å². The van der Waals surface area contributed by atoms with Crippen molar-refractivity contribution in [3.05, 3.63) is 44.4 Å². The maximum absolute atomic E-state index is 6.16. The normalized spacial score (nSPS) is 10.5. The molecule has 0 amide bonds. The minimum absolute atomic E-state index is 0.520. The second-order valence-electron chi connectivity index (χ2n) is 4.29. The Kier molecular flexibility index (Phi) is 4.99. The maximum atomic E-state index is 6.16. The molecule has 0 fully saturated rings. The number of hydrogen-bond donors (Lipinski definition) is 1. The fourth-order valence-electron chi connectivity index (χ4n) is 1.69. The minimum atomic E-state index is 0.520. The summed E-state index contributed by atoms with van der Waals surface area (Å²) in [6.45, 7) is 4.03. The van der Waals surface area contributed by atoms with E-state index in [1.807, 2.05) is 25.1 Å². The Balaban J connectivity index is 2.33. The smallest absolute Gasteiger partial charge is 0.138 e. The molecule has 19 heavy (non-hydrogen) atoms. The summed E-state index contributed by atoms with van der Waals surface area (Å²) in [6, 6.07) is 8.13. The molecule has 0 aliphatic heterocycles. The van der Waals surface area contributed by atoms with Crippen LogP contribution in [0.15, 0.2) is 24.3 Å². The highest BCUT2D eigenvalue weighted by Gasteiger charge is 2.09. The first-order chi connectivity index (χ1) is 9.10. The van der Waals surface area contributed by atoms with Crippen molar-refractivity contribution in [3.8, 4) is 0 Å². The van der Waals surface area contributed by atoms with Gasteiger partial charge in [0.1, 0.15) is 16.8 Å². The van der Waals surface area contributed by atoms with Gasteiger partial charge < -0.3 is 5.32 Å². The number of aryl methyl sites for hydroxylation is 1. The third-order valence-electron chi connectivity index (χ3n) is 2.69. The summed E-state index contributed by atoms with van der Waals surface area (Å²) in [7, 11) is 0. The molecule has 2 aromatic rings. The van der Waals surface area contributed by atoms with E-state index in [-0.39, 0.29) is 0 Å². The van der Waals surface area contributed by atoms with E-state index in [1.54, 1.807) is 0 Å². The van der Waals surface area contributed by atoms with Crippen LogP contribution in [0.5, 0.6) is 0 Å². The predicted octanol–water partition coefficient (Wildman–Crippen LogP) is 4.74. The van der Waals surface area contributed by atoms with E-state index < -0.39 is 0 Å². The second-order valence-corrected chi connectivity index (χ2v) is 5.89. The standard InChI is InChI=1S/C14H15ClIN3/c1-3-5-12-18-13(15)9(2)14(19-12)17-11-7-4-6-10(16)8-11/h4,6-8H,3,5H2,1-2H3,(H,17,18,19). The Bertz CT molecular complexity index is 587. The molecule has 1 heterocycles. The molecule has 0 aliphatic rings. The molecular weight excluding hydrogens is 373 g/mol. The summed E-state index contributed by atoms with van der Waals surface area (Å²) in [5.74, 6) is 1.57. The molecule has 1 aromatic heterocycles. The number of halogens is 2. The lowest BCUT2D eigenvalue weighted by molar-refractivity contribution is 0.833. The second kappa shape index (κ2) is 6.52. The van der Waals surface area contributed by atoms with Crippen LogP contribution in [-0.2, 0) is 6.42 Å². The molecule has 100 valence electrons. The fraction of sp³-hybridized carbons (Fsp3) is 0.286. The minimum Gasteiger partial charge on any atom is -0.340 e. The van der Waals surface area contributed by atoms with Gasteiger partial charge in [-0.15, -0.1) is 0 Å². The Labute approximate surface area is 132 Å². The van der Waals surface area contributed by atoms with Crippen LogP contribution < -0.4 is 5.32 Å². The lowest BCUT2D eigenvalue weighted by atomic mass is 10.2. The van der Waals surface area contributed by atoms with E-state index in [9.17, 15) is 0 Å². The average molecular weight is 388 g/mol. The van der Waals surface area contributed by atoms with Gasteiger partial charge in [-0.2, -0.15) is 0 Å². The Morgan fingerprint density at radius 2 is 2.11 bits per heavy atom. The van der Waals surface area contributed by atoms with Crippen LogP contribution in [0, 0.1) is 10.5 Å². The van der Waals surface area contributed by atoms with Crippen LogP contribution in [0.1, 0.15) is 24.7 Å². The topological polar surface area (TPSA) is 37.8 Å². The molecule has 5 heteroatoms. The quantitative estimate of drug-likeness (QED) is 0.608. The molecule has 0 unspecified atom stereocenters. The molecule has 0 bridgehead atoms. The zero-order chi connectivity index (χ0) is 13.8. The number of hydrogen-bond acceptors (Lipinski definition) is 3. The lowest BCUT2D eigenvalue weighted by Gasteiger charge is -2.11. The van der Waals surface area contributed by atoms with Crippen LogP contribution in [0.2, 0.25) is 5.15 Å². The number of rotatable bonds is 4. The van der Waals surface area contributed by atoms with E-state index in [2.05, 4.69) is 50.9 Å². The molecule has 1 aromatic carbocycles. The lowest BCUT2D eigenvalue weighted by Crippen LogP contribution is -2.03. The van der Waals surface area contributed by atoms with Crippen LogP contribution in [-0.4, -0.2) is 9.97 Å². The molecule has 2 rings (SSSR count). The summed E-state index contributed by atoms with van der Waals surface area (Å²) < 4.78 is 1.18. The molecule has 0 saturated heterocycles. The van der Waals surface area contributed by atoms with Crippen molar-refractivity contribution in [3.63, 3.8) is 0 Å². The Morgan fingerprint density at radius 3 is 2.79 bits per heavy atom. The van der Waals surface area contributed by atoms with Crippen LogP contribution >= 0.6 is 34.2 Å². The van der Waals surface area contributed by atoms with Gasteiger partial charge in [-0.3, -0.25) is 0 Å². The van der Waals surface area contributed by atoms with Crippen LogP contribution in [0.25, 0.3) is 0 Å². The SMILES string of the molecule is CCCc1nc(Cl)c(C)c(Nc2cccc(I)c2)n1. The van der Waals surface area contributed by atoms with E-state index >= 15 is 0 Å². The molecule has 0 aliphatic carbocycles. The van der Waals surface area contributed by atoms with Gasteiger partial charge in [0.2, 0.25) is 0 Å². The summed E-state index contributed by atoms with van der Waals surface area (Å²) in [4.78, 5) is 8.83. The van der Waals surface area contributed by atoms with Gasteiger partial charge in [-0.05, 0) is 54.1 Å². The van der Waals surface area contributed by atoms with E-state index in [0.29, 0.717) is 5.15 Å². The highest BCUT2D eigenvalue weighted by atomic mass is 127. The van der Waals surface area contributed by atoms with Gasteiger partial charge in [0.05, 0.1) is 0 Å². The van der Waals surface area contributed by atoms with E-state index in [4.69, 9.17) is 11.6 Å². The van der Waals surface area contributed by atoms with Gasteiger partial charge in [-0.1, -0.05) is 24.6 Å². The summed E-state index contributed by atoms with van der Waals surface area (Å²) in [5.41, 5.74) is 1.88. The summed E-state index contributed by atoms with van der Waals surface area (Å²) in [6.07, 6.45) is 1.84. The van der Waals surface area contributed by atoms with Gasteiger partial charge in [0.15, 0.2) is 0 Å². The molecule has 1 N–H and O–H groups in total. The van der Waals surface area contributed by atoms with Crippen molar-refractivity contribution in [2.24, 2.45) is 0 Å². The van der Waals surface area contributed by atoms with Crippen molar-refractivity contribution < 1.29 is 0 Å².